The van der Waals surface area contributed by atoms with Crippen LogP contribution in [0.1, 0.15) is 43.3 Å². The molecule has 4 nitrogen and oxygen atoms in total. The molecule has 0 unspecified atom stereocenters. The second kappa shape index (κ2) is 14.5. The third-order valence-electron chi connectivity index (χ3n) is 8.66. The van der Waals surface area contributed by atoms with E-state index in [4.69, 9.17) is 4.42 Å². The molecule has 4 aromatic heterocycles. The van der Waals surface area contributed by atoms with E-state index in [1.807, 2.05) is 69.6 Å². The molecule has 0 saturated heterocycles. The molecule has 4 heterocycles. The van der Waals surface area contributed by atoms with Crippen molar-refractivity contribution in [2.75, 3.05) is 0 Å². The zero-order valence-electron chi connectivity index (χ0n) is 29.3. The Bertz CT molecular complexity index is 2410. The van der Waals surface area contributed by atoms with E-state index < -0.39 is 0 Å². The van der Waals surface area contributed by atoms with Crippen LogP contribution in [-0.2, 0) is 26.5 Å². The molecular formula is C45H39IrN3O-2. The summed E-state index contributed by atoms with van der Waals surface area (Å²) in [4.78, 5) is 13.6. The predicted octanol–water partition coefficient (Wildman–Crippen LogP) is 11.7. The van der Waals surface area contributed by atoms with Gasteiger partial charge in [-0.05, 0) is 78.4 Å². The molecule has 8 rings (SSSR count). The molecule has 0 amide bonds. The van der Waals surface area contributed by atoms with Crippen molar-refractivity contribution < 1.29 is 24.5 Å². The first kappa shape index (κ1) is 34.9. The van der Waals surface area contributed by atoms with Gasteiger partial charge >= 0.3 is 0 Å². The fraction of sp³-hybridized carbons (Fsp3) is 0.178. The number of aryl methyl sites for hydroxylation is 3. The standard InChI is InChI=1S/C23H17N2O.C22H22N.Ir/c1-13-7-10-21(24-12-13)19-6-4-5-17-18-9-8-16-15(3)25-14(2)11-20(16)23(18)26-22(17)19;1-22(2,3)16-17-9-11-18(12-10-17)20-13-14-23-21(15-20)19-7-5-4-6-8-19;/h4-5,7-12H,1-3H3;4-7,9-15H,16H2,1-3H3;/q2*-1;. The molecule has 0 bridgehead atoms. The van der Waals surface area contributed by atoms with Gasteiger partial charge in [-0.1, -0.05) is 86.3 Å². The molecule has 0 atom stereocenters. The van der Waals surface area contributed by atoms with Crippen LogP contribution in [-0.4, -0.2) is 15.0 Å². The Morgan fingerprint density at radius 3 is 2.16 bits per heavy atom. The summed E-state index contributed by atoms with van der Waals surface area (Å²) >= 11 is 0. The molecule has 251 valence electrons. The summed E-state index contributed by atoms with van der Waals surface area (Å²) in [5.41, 5.74) is 12.8. The van der Waals surface area contributed by atoms with Crippen molar-refractivity contribution in [1.82, 2.24) is 15.0 Å². The van der Waals surface area contributed by atoms with Gasteiger partial charge in [-0.15, -0.1) is 54.1 Å². The van der Waals surface area contributed by atoms with Crippen LogP contribution in [0.25, 0.3) is 66.4 Å². The number of hydrogen-bond acceptors (Lipinski definition) is 4. The SMILES string of the molecule is CC(C)(C)Cc1ccc(-c2ccnc(-c3[c-]cccc3)c2)cc1.Cc1ccc(-c2[c-]ccc3c2oc2c4cc(C)nc(C)c4ccc32)nc1.[Ir]. The summed E-state index contributed by atoms with van der Waals surface area (Å²) in [7, 11) is 0. The van der Waals surface area contributed by atoms with Crippen molar-refractivity contribution in [2.45, 2.75) is 48.0 Å². The largest absolute Gasteiger partial charge is 0.500 e. The van der Waals surface area contributed by atoms with Gasteiger partial charge < -0.3 is 14.4 Å². The van der Waals surface area contributed by atoms with Crippen LogP contribution in [0.4, 0.5) is 0 Å². The maximum absolute atomic E-state index is 6.39. The van der Waals surface area contributed by atoms with E-state index in [0.717, 1.165) is 78.6 Å². The zero-order chi connectivity index (χ0) is 34.1. The first-order valence-corrected chi connectivity index (χ1v) is 16.7. The first-order valence-electron chi connectivity index (χ1n) is 16.7. The number of nitrogens with zero attached hydrogens (tertiary/aromatic N) is 3. The third kappa shape index (κ3) is 7.45. The molecule has 8 aromatic rings. The third-order valence-corrected chi connectivity index (χ3v) is 8.66. The van der Waals surface area contributed by atoms with Crippen molar-refractivity contribution in [3.05, 3.63) is 150 Å². The van der Waals surface area contributed by atoms with E-state index in [2.05, 4.69) is 115 Å². The van der Waals surface area contributed by atoms with Gasteiger partial charge in [0, 0.05) is 60.0 Å². The van der Waals surface area contributed by atoms with Crippen molar-refractivity contribution in [3.63, 3.8) is 0 Å². The van der Waals surface area contributed by atoms with Gasteiger partial charge in [0.1, 0.15) is 5.58 Å². The second-order valence-electron chi connectivity index (χ2n) is 13.9. The van der Waals surface area contributed by atoms with Gasteiger partial charge in [-0.2, -0.15) is 0 Å². The van der Waals surface area contributed by atoms with Gasteiger partial charge in [0.2, 0.25) is 0 Å². The molecule has 0 aliphatic heterocycles. The monoisotopic (exact) mass is 830 g/mol. The number of pyridine rings is 3. The molecule has 0 spiro atoms. The van der Waals surface area contributed by atoms with Crippen molar-refractivity contribution in [1.29, 1.82) is 0 Å². The molecule has 4 aromatic carbocycles. The first-order chi connectivity index (χ1) is 23.6. The van der Waals surface area contributed by atoms with Crippen LogP contribution < -0.4 is 0 Å². The summed E-state index contributed by atoms with van der Waals surface area (Å²) in [5.74, 6) is 0. The molecule has 1 radical (unpaired) electrons. The molecule has 5 heteroatoms. The average Bonchev–Trinajstić information content (AvgIpc) is 3.49. The molecule has 0 aliphatic rings. The van der Waals surface area contributed by atoms with Crippen LogP contribution in [0.2, 0.25) is 0 Å². The number of fused-ring (bicyclic) bond motifs is 5. The predicted molar refractivity (Wildman–Crippen MR) is 202 cm³/mol. The van der Waals surface area contributed by atoms with E-state index in [1.165, 1.54) is 16.7 Å². The minimum Gasteiger partial charge on any atom is -0.500 e. The second-order valence-corrected chi connectivity index (χ2v) is 13.9. The van der Waals surface area contributed by atoms with E-state index in [0.29, 0.717) is 5.41 Å². The number of benzene rings is 4. The van der Waals surface area contributed by atoms with E-state index in [-0.39, 0.29) is 20.1 Å². The maximum atomic E-state index is 6.39. The summed E-state index contributed by atoms with van der Waals surface area (Å²) in [6, 6.07) is 42.0. The summed E-state index contributed by atoms with van der Waals surface area (Å²) in [6.07, 6.45) is 4.83. The Morgan fingerprint density at radius 1 is 0.660 bits per heavy atom. The van der Waals surface area contributed by atoms with E-state index >= 15 is 0 Å². The van der Waals surface area contributed by atoms with Crippen LogP contribution in [0.15, 0.2) is 120 Å². The van der Waals surface area contributed by atoms with Crippen molar-refractivity contribution in [2.24, 2.45) is 5.41 Å². The van der Waals surface area contributed by atoms with Crippen LogP contribution in [0.5, 0.6) is 0 Å². The van der Waals surface area contributed by atoms with Crippen LogP contribution in [0, 0.1) is 38.3 Å². The van der Waals surface area contributed by atoms with Crippen LogP contribution in [0.3, 0.4) is 0 Å². The molecular weight excluding hydrogens is 791 g/mol. The Kier molecular flexibility index (Phi) is 10.1. The topological polar surface area (TPSA) is 51.8 Å². The van der Waals surface area contributed by atoms with Gasteiger partial charge in [-0.3, -0.25) is 4.98 Å². The number of hydrogen-bond donors (Lipinski definition) is 0. The van der Waals surface area contributed by atoms with Crippen LogP contribution >= 0.6 is 0 Å². The van der Waals surface area contributed by atoms with Gasteiger partial charge in [0.15, 0.2) is 0 Å². The number of rotatable bonds is 4. The quantitative estimate of drug-likeness (QED) is 0.166. The molecule has 0 saturated carbocycles. The normalized spacial score (nSPS) is 11.3. The Hall–Kier alpha value is -4.96. The molecule has 0 N–H and O–H groups in total. The molecule has 50 heavy (non-hydrogen) atoms. The molecule has 0 aliphatic carbocycles. The van der Waals surface area contributed by atoms with Crippen molar-refractivity contribution in [3.8, 4) is 33.6 Å². The van der Waals surface area contributed by atoms with Crippen molar-refractivity contribution >= 4 is 32.7 Å². The minimum absolute atomic E-state index is 0. The Morgan fingerprint density at radius 2 is 1.44 bits per heavy atom. The summed E-state index contributed by atoms with van der Waals surface area (Å²) in [6.45, 7) is 12.9. The fourth-order valence-electron chi connectivity index (χ4n) is 6.39. The van der Waals surface area contributed by atoms with Gasteiger partial charge in [0.25, 0.3) is 0 Å². The smallest absolute Gasteiger partial charge is 0.128 e. The Labute approximate surface area is 308 Å². The van der Waals surface area contributed by atoms with E-state index in [9.17, 15) is 0 Å². The summed E-state index contributed by atoms with van der Waals surface area (Å²) < 4.78 is 6.39. The maximum Gasteiger partial charge on any atom is 0.128 e. The number of furan rings is 1. The van der Waals surface area contributed by atoms with E-state index in [1.54, 1.807) is 0 Å². The number of aromatic nitrogens is 3. The minimum atomic E-state index is 0. The molecule has 0 fully saturated rings. The van der Waals surface area contributed by atoms with Gasteiger partial charge in [0.05, 0.1) is 5.58 Å². The fourth-order valence-corrected chi connectivity index (χ4v) is 6.39. The Balaban J connectivity index is 0.000000171. The zero-order valence-corrected chi connectivity index (χ0v) is 31.7. The summed E-state index contributed by atoms with van der Waals surface area (Å²) in [5, 5.41) is 4.43. The average molecular weight is 830 g/mol. The van der Waals surface area contributed by atoms with Gasteiger partial charge in [-0.25, -0.2) is 0 Å².